The van der Waals surface area contributed by atoms with Crippen LogP contribution in [0.5, 0.6) is 0 Å². The molecule has 0 radical (unpaired) electrons. The van der Waals surface area contributed by atoms with Crippen LogP contribution in [0.4, 0.5) is 0 Å². The van der Waals surface area contributed by atoms with E-state index in [9.17, 15) is 0 Å². The molecule has 1 aromatic heterocycles. The average Bonchev–Trinajstić information content (AvgIpc) is 2.18. The second-order valence-electron chi connectivity index (χ2n) is 2.17. The third-order valence-electron chi connectivity index (χ3n) is 0.951. The highest BCUT2D eigenvalue weighted by Gasteiger charge is 1.79. The first kappa shape index (κ1) is 18.4. The maximum Gasteiger partial charge on any atom is 0.314 e. The zero-order valence-electron chi connectivity index (χ0n) is 8.46. The summed E-state index contributed by atoms with van der Waals surface area (Å²) in [6.07, 6.45) is 5.94. The van der Waals surface area contributed by atoms with Gasteiger partial charge in [0.15, 0.2) is 0 Å². The van der Waals surface area contributed by atoms with Crippen LogP contribution in [0, 0.1) is 0 Å². The average molecular weight is 285 g/mol. The van der Waals surface area contributed by atoms with Crippen LogP contribution >= 0.6 is 16.5 Å². The Hall–Kier alpha value is -1.01. The van der Waals surface area contributed by atoms with Crippen LogP contribution in [0.1, 0.15) is 5.56 Å². The highest BCUT2D eigenvalue weighted by atomic mass is 31.1. The molecule has 0 aromatic carbocycles. The first-order valence-corrected chi connectivity index (χ1v) is 6.55. The smallest absolute Gasteiger partial charge is 0.314 e. The van der Waals surface area contributed by atoms with Gasteiger partial charge in [-0.3, -0.25) is 14.1 Å². The Morgan fingerprint density at radius 1 is 1.12 bits per heavy atom. The molecule has 0 bridgehead atoms. The van der Waals surface area contributed by atoms with Crippen molar-refractivity contribution in [2.24, 2.45) is 0 Å². The molecule has 0 fully saturated rings. The second-order valence-corrected chi connectivity index (χ2v) is 3.30. The van der Waals surface area contributed by atoms with Gasteiger partial charge in [-0.25, -0.2) is 0 Å². The molecule has 0 spiro atoms. The summed E-state index contributed by atoms with van der Waals surface area (Å²) in [7, 11) is -6.26. The van der Waals surface area contributed by atoms with Crippen LogP contribution < -0.4 is 0 Å². The Kier molecular flexibility index (Phi) is 14.1. The van der Waals surface area contributed by atoms with E-state index < -0.39 is 16.5 Å². The monoisotopic (exact) mass is 285 g/mol. The fourth-order valence-corrected chi connectivity index (χ4v) is 0.561. The Labute approximate surface area is 98.4 Å². The van der Waals surface area contributed by atoms with Gasteiger partial charge >= 0.3 is 16.5 Å². The second kappa shape index (κ2) is 13.1. The molecule has 17 heavy (non-hydrogen) atoms. The fraction of sp³-hybridized carbons (Fsp3) is 0. The van der Waals surface area contributed by atoms with Gasteiger partial charge in [0.25, 0.3) is 0 Å². The van der Waals surface area contributed by atoms with Crippen molar-refractivity contribution in [2.75, 3.05) is 0 Å². The zero-order chi connectivity index (χ0) is 13.7. The standard InChI is InChI=1S/C7H7NO.2H3O3P/c9-5-3-7-2-1-4-8-6-7;2*1-4(2)3/h1-6,9H;2*4H,(H2,1,2,3)/b5-3+;;. The van der Waals surface area contributed by atoms with Gasteiger partial charge in [0, 0.05) is 12.4 Å². The quantitative estimate of drug-likeness (QED) is 0.366. The van der Waals surface area contributed by atoms with Gasteiger partial charge in [-0.1, -0.05) is 6.07 Å². The SMILES string of the molecule is O/C=C/c1cccnc1.O=[PH](O)O.O=[PH](O)O. The minimum absolute atomic E-state index is 0.903. The van der Waals surface area contributed by atoms with E-state index in [2.05, 4.69) is 4.98 Å². The molecular formula is C7H13NO7P2. The van der Waals surface area contributed by atoms with Crippen molar-refractivity contribution in [3.8, 4) is 0 Å². The summed E-state index contributed by atoms with van der Waals surface area (Å²) < 4.78 is 17.5. The van der Waals surface area contributed by atoms with Crippen LogP contribution in [0.3, 0.4) is 0 Å². The summed E-state index contributed by atoms with van der Waals surface area (Å²) in [6, 6.07) is 3.68. The number of hydrogen-bond acceptors (Lipinski definition) is 4. The van der Waals surface area contributed by atoms with Gasteiger partial charge in [0.05, 0.1) is 6.26 Å². The molecule has 0 aliphatic heterocycles. The highest BCUT2D eigenvalue weighted by Crippen LogP contribution is 1.99. The first-order chi connectivity index (χ1) is 7.90. The van der Waals surface area contributed by atoms with Gasteiger partial charge < -0.3 is 24.7 Å². The largest absolute Gasteiger partial charge is 0.516 e. The lowest BCUT2D eigenvalue weighted by molar-refractivity contribution is 0.403. The van der Waals surface area contributed by atoms with E-state index >= 15 is 0 Å². The van der Waals surface area contributed by atoms with E-state index in [0.29, 0.717) is 0 Å². The van der Waals surface area contributed by atoms with Crippen molar-refractivity contribution in [2.45, 2.75) is 0 Å². The summed E-state index contributed by atoms with van der Waals surface area (Å²) >= 11 is 0. The molecule has 0 aliphatic rings. The first-order valence-electron chi connectivity index (χ1n) is 3.94. The molecule has 5 N–H and O–H groups in total. The molecule has 0 amide bonds. The molecule has 1 aromatic rings. The molecule has 10 heteroatoms. The molecule has 0 atom stereocenters. The number of aliphatic hydroxyl groups is 1. The predicted molar refractivity (Wildman–Crippen MR) is 62.8 cm³/mol. The number of aromatic nitrogens is 1. The molecule has 1 rings (SSSR count). The van der Waals surface area contributed by atoms with Gasteiger partial charge in [-0.15, -0.1) is 0 Å². The normalized spacial score (nSPS) is 9.53. The minimum atomic E-state index is -3.13. The van der Waals surface area contributed by atoms with E-state index in [1.54, 1.807) is 18.5 Å². The van der Waals surface area contributed by atoms with E-state index in [1.165, 1.54) is 0 Å². The van der Waals surface area contributed by atoms with E-state index in [1.807, 2.05) is 12.1 Å². The third-order valence-corrected chi connectivity index (χ3v) is 0.951. The molecule has 1 heterocycles. The molecule has 0 aliphatic carbocycles. The maximum atomic E-state index is 8.74. The molecule has 0 saturated heterocycles. The number of nitrogens with zero attached hydrogens (tertiary/aromatic N) is 1. The lowest BCUT2D eigenvalue weighted by atomic mass is 10.3. The predicted octanol–water partition coefficient (Wildman–Crippen LogP) is 0.332. The number of rotatable bonds is 1. The summed E-state index contributed by atoms with van der Waals surface area (Å²) in [5.41, 5.74) is 0.903. The van der Waals surface area contributed by atoms with Crippen LogP contribution in [-0.2, 0) is 9.13 Å². The third kappa shape index (κ3) is 25.3. The minimum Gasteiger partial charge on any atom is -0.516 e. The Bertz CT molecular complexity index is 336. The molecular weight excluding hydrogens is 272 g/mol. The van der Waals surface area contributed by atoms with Crippen molar-refractivity contribution >= 4 is 22.6 Å². The fourth-order valence-electron chi connectivity index (χ4n) is 0.561. The summed E-state index contributed by atoms with van der Waals surface area (Å²) in [4.78, 5) is 32.5. The van der Waals surface area contributed by atoms with Crippen molar-refractivity contribution in [3.05, 3.63) is 36.4 Å². The van der Waals surface area contributed by atoms with Gasteiger partial charge in [0.2, 0.25) is 0 Å². The topological polar surface area (TPSA) is 148 Å². The van der Waals surface area contributed by atoms with Crippen molar-refractivity contribution in [1.82, 2.24) is 4.98 Å². The van der Waals surface area contributed by atoms with Crippen LogP contribution in [-0.4, -0.2) is 29.7 Å². The van der Waals surface area contributed by atoms with Gasteiger partial charge in [-0.05, 0) is 17.7 Å². The van der Waals surface area contributed by atoms with E-state index in [-0.39, 0.29) is 0 Å². The molecule has 0 unspecified atom stereocenters. The summed E-state index contributed by atoms with van der Waals surface area (Å²) in [5.74, 6) is 0. The van der Waals surface area contributed by atoms with E-state index in [0.717, 1.165) is 11.8 Å². The number of pyridine rings is 1. The summed E-state index contributed by atoms with van der Waals surface area (Å²) in [6.45, 7) is 0. The zero-order valence-corrected chi connectivity index (χ0v) is 10.5. The van der Waals surface area contributed by atoms with Crippen LogP contribution in [0.2, 0.25) is 0 Å². The molecule has 0 saturated carbocycles. The van der Waals surface area contributed by atoms with E-state index in [4.69, 9.17) is 33.8 Å². The lowest BCUT2D eigenvalue weighted by Gasteiger charge is -1.85. The van der Waals surface area contributed by atoms with Crippen molar-refractivity contribution in [3.63, 3.8) is 0 Å². The van der Waals surface area contributed by atoms with Crippen LogP contribution in [0.15, 0.2) is 30.8 Å². The Morgan fingerprint density at radius 2 is 1.59 bits per heavy atom. The Balaban J connectivity index is 0. The highest BCUT2D eigenvalue weighted by molar-refractivity contribution is 7.31. The molecule has 98 valence electrons. The Morgan fingerprint density at radius 3 is 1.88 bits per heavy atom. The lowest BCUT2D eigenvalue weighted by Crippen LogP contribution is -1.71. The summed E-state index contributed by atoms with van der Waals surface area (Å²) in [5, 5.41) is 8.31. The maximum absolute atomic E-state index is 8.74. The van der Waals surface area contributed by atoms with Crippen molar-refractivity contribution in [1.29, 1.82) is 0 Å². The van der Waals surface area contributed by atoms with Gasteiger partial charge in [0.1, 0.15) is 0 Å². The molecule has 8 nitrogen and oxygen atoms in total. The van der Waals surface area contributed by atoms with Crippen LogP contribution in [0.25, 0.3) is 6.08 Å². The number of aliphatic hydroxyl groups excluding tert-OH is 1. The number of hydrogen-bond donors (Lipinski definition) is 5. The van der Waals surface area contributed by atoms with Crippen molar-refractivity contribution < 1.29 is 33.8 Å². The van der Waals surface area contributed by atoms with Gasteiger partial charge in [-0.2, -0.15) is 0 Å².